The Morgan fingerprint density at radius 3 is 3.00 bits per heavy atom. The molecular weight excluding hydrogens is 204 g/mol. The number of carbonyl (C=O) groups is 1. The Kier molecular flexibility index (Phi) is 3.50. The van der Waals surface area contributed by atoms with Gasteiger partial charge in [-0.2, -0.15) is 0 Å². The summed E-state index contributed by atoms with van der Waals surface area (Å²) in [7, 11) is 0. The van der Waals surface area contributed by atoms with E-state index < -0.39 is 0 Å². The van der Waals surface area contributed by atoms with Crippen molar-refractivity contribution in [2.75, 3.05) is 19.8 Å². The van der Waals surface area contributed by atoms with E-state index >= 15 is 0 Å². The molecule has 3 unspecified atom stereocenters. The average Bonchev–Trinajstić information content (AvgIpc) is 2.85. The molecule has 2 aliphatic rings. The van der Waals surface area contributed by atoms with Gasteiger partial charge in [0.15, 0.2) is 0 Å². The van der Waals surface area contributed by atoms with Gasteiger partial charge in [0, 0.05) is 12.5 Å². The average molecular weight is 226 g/mol. The number of ether oxygens (including phenoxy) is 1. The van der Waals surface area contributed by atoms with E-state index in [1.807, 2.05) is 0 Å². The molecule has 4 nitrogen and oxygen atoms in total. The van der Waals surface area contributed by atoms with Crippen molar-refractivity contribution in [3.63, 3.8) is 0 Å². The van der Waals surface area contributed by atoms with Crippen LogP contribution in [0, 0.1) is 11.8 Å². The molecule has 0 bridgehead atoms. The van der Waals surface area contributed by atoms with Crippen LogP contribution in [-0.4, -0.2) is 31.2 Å². The van der Waals surface area contributed by atoms with Gasteiger partial charge in [-0.05, 0) is 38.6 Å². The van der Waals surface area contributed by atoms with Gasteiger partial charge >= 0.3 is 0 Å². The SMILES string of the molecule is CC1(NC(=O)C2CCCC2CN)CCOC1. The number of hydrogen-bond acceptors (Lipinski definition) is 3. The Hall–Kier alpha value is -0.610. The van der Waals surface area contributed by atoms with Crippen molar-refractivity contribution < 1.29 is 9.53 Å². The third-order valence-electron chi connectivity index (χ3n) is 3.94. The van der Waals surface area contributed by atoms with E-state index in [2.05, 4.69) is 12.2 Å². The molecule has 16 heavy (non-hydrogen) atoms. The molecule has 0 aromatic carbocycles. The van der Waals surface area contributed by atoms with E-state index in [4.69, 9.17) is 10.5 Å². The number of hydrogen-bond donors (Lipinski definition) is 2. The number of carbonyl (C=O) groups excluding carboxylic acids is 1. The second kappa shape index (κ2) is 4.72. The maximum Gasteiger partial charge on any atom is 0.223 e. The van der Waals surface area contributed by atoms with Gasteiger partial charge in [-0.1, -0.05) is 6.42 Å². The van der Waals surface area contributed by atoms with Crippen molar-refractivity contribution in [3.05, 3.63) is 0 Å². The molecule has 0 aromatic rings. The van der Waals surface area contributed by atoms with Crippen LogP contribution in [0.15, 0.2) is 0 Å². The number of nitrogens with two attached hydrogens (primary N) is 1. The minimum atomic E-state index is -0.154. The first kappa shape index (κ1) is 11.9. The predicted octanol–water partition coefficient (Wildman–Crippen LogP) is 0.657. The van der Waals surface area contributed by atoms with Crippen LogP contribution in [0.5, 0.6) is 0 Å². The lowest BCUT2D eigenvalue weighted by Gasteiger charge is -2.27. The van der Waals surface area contributed by atoms with Crippen LogP contribution in [0.25, 0.3) is 0 Å². The highest BCUT2D eigenvalue weighted by atomic mass is 16.5. The van der Waals surface area contributed by atoms with E-state index in [0.717, 1.165) is 32.3 Å². The first-order chi connectivity index (χ1) is 7.64. The molecule has 0 aromatic heterocycles. The Labute approximate surface area is 96.9 Å². The second-order valence-electron chi connectivity index (χ2n) is 5.39. The third kappa shape index (κ3) is 2.38. The minimum Gasteiger partial charge on any atom is -0.379 e. The van der Waals surface area contributed by atoms with Gasteiger partial charge in [0.25, 0.3) is 0 Å². The molecular formula is C12H22N2O2. The van der Waals surface area contributed by atoms with Crippen molar-refractivity contribution >= 4 is 5.91 Å². The fourth-order valence-corrected chi connectivity index (χ4v) is 2.82. The summed E-state index contributed by atoms with van der Waals surface area (Å²) in [6.45, 7) is 4.08. The molecule has 92 valence electrons. The summed E-state index contributed by atoms with van der Waals surface area (Å²) < 4.78 is 5.34. The molecule has 1 aliphatic heterocycles. The Bertz CT molecular complexity index is 262. The Morgan fingerprint density at radius 2 is 2.38 bits per heavy atom. The van der Waals surface area contributed by atoms with Gasteiger partial charge in [0.05, 0.1) is 12.1 Å². The highest BCUT2D eigenvalue weighted by Crippen LogP contribution is 2.32. The molecule has 1 aliphatic carbocycles. The van der Waals surface area contributed by atoms with E-state index in [-0.39, 0.29) is 17.4 Å². The summed E-state index contributed by atoms with van der Waals surface area (Å²) in [5.74, 6) is 0.689. The van der Waals surface area contributed by atoms with E-state index in [9.17, 15) is 4.79 Å². The fourth-order valence-electron chi connectivity index (χ4n) is 2.82. The van der Waals surface area contributed by atoms with Gasteiger partial charge in [-0.3, -0.25) is 4.79 Å². The molecule has 4 heteroatoms. The van der Waals surface area contributed by atoms with Gasteiger partial charge in [0.1, 0.15) is 0 Å². The molecule has 0 radical (unpaired) electrons. The van der Waals surface area contributed by atoms with Gasteiger partial charge < -0.3 is 15.8 Å². The van der Waals surface area contributed by atoms with E-state index in [1.54, 1.807) is 0 Å². The summed E-state index contributed by atoms with van der Waals surface area (Å²) in [6.07, 6.45) is 4.14. The van der Waals surface area contributed by atoms with Gasteiger partial charge in [-0.15, -0.1) is 0 Å². The maximum absolute atomic E-state index is 12.2. The summed E-state index contributed by atoms with van der Waals surface area (Å²) in [6, 6.07) is 0. The quantitative estimate of drug-likeness (QED) is 0.743. The monoisotopic (exact) mass is 226 g/mol. The minimum absolute atomic E-state index is 0.127. The molecule has 2 fully saturated rings. The fraction of sp³-hybridized carbons (Fsp3) is 0.917. The molecule has 0 spiro atoms. The third-order valence-corrected chi connectivity index (χ3v) is 3.94. The first-order valence-corrected chi connectivity index (χ1v) is 6.24. The lowest BCUT2D eigenvalue weighted by atomic mass is 9.93. The van der Waals surface area contributed by atoms with E-state index in [1.165, 1.54) is 0 Å². The molecule has 1 saturated heterocycles. The largest absolute Gasteiger partial charge is 0.379 e. The smallest absolute Gasteiger partial charge is 0.223 e. The van der Waals surface area contributed by atoms with Gasteiger partial charge in [-0.25, -0.2) is 0 Å². The van der Waals surface area contributed by atoms with Crippen molar-refractivity contribution in [2.24, 2.45) is 17.6 Å². The van der Waals surface area contributed by atoms with Crippen molar-refractivity contribution in [3.8, 4) is 0 Å². The highest BCUT2D eigenvalue weighted by Gasteiger charge is 2.37. The van der Waals surface area contributed by atoms with Crippen LogP contribution >= 0.6 is 0 Å². The summed E-state index contributed by atoms with van der Waals surface area (Å²) >= 11 is 0. The number of amides is 1. The molecule has 2 rings (SSSR count). The molecule has 1 saturated carbocycles. The second-order valence-corrected chi connectivity index (χ2v) is 5.39. The summed E-state index contributed by atoms with van der Waals surface area (Å²) in [5, 5.41) is 3.14. The van der Waals surface area contributed by atoms with Gasteiger partial charge in [0.2, 0.25) is 5.91 Å². The van der Waals surface area contributed by atoms with E-state index in [0.29, 0.717) is 19.1 Å². The van der Waals surface area contributed by atoms with Crippen LogP contribution in [-0.2, 0) is 9.53 Å². The van der Waals surface area contributed by atoms with Crippen molar-refractivity contribution in [1.82, 2.24) is 5.32 Å². The summed E-state index contributed by atoms with van der Waals surface area (Å²) in [5.41, 5.74) is 5.54. The zero-order chi connectivity index (χ0) is 11.6. The lowest BCUT2D eigenvalue weighted by molar-refractivity contribution is -0.127. The topological polar surface area (TPSA) is 64.4 Å². The summed E-state index contributed by atoms with van der Waals surface area (Å²) in [4.78, 5) is 12.2. The molecule has 3 atom stereocenters. The Morgan fingerprint density at radius 1 is 1.56 bits per heavy atom. The maximum atomic E-state index is 12.2. The first-order valence-electron chi connectivity index (χ1n) is 6.24. The van der Waals surface area contributed by atoms with Crippen LogP contribution in [0.1, 0.15) is 32.6 Å². The normalized spacial score (nSPS) is 38.9. The number of nitrogens with one attached hydrogen (secondary N) is 1. The predicted molar refractivity (Wildman–Crippen MR) is 61.9 cm³/mol. The Balaban J connectivity index is 1.92. The van der Waals surface area contributed by atoms with Crippen LogP contribution in [0.2, 0.25) is 0 Å². The number of rotatable bonds is 3. The molecule has 3 N–H and O–H groups in total. The van der Waals surface area contributed by atoms with Crippen LogP contribution in [0.4, 0.5) is 0 Å². The highest BCUT2D eigenvalue weighted by molar-refractivity contribution is 5.80. The molecule has 1 amide bonds. The standard InChI is InChI=1S/C12H22N2O2/c1-12(5-6-16-8-12)14-11(15)10-4-2-3-9(10)7-13/h9-10H,2-8,13H2,1H3,(H,14,15). The van der Waals surface area contributed by atoms with Crippen LogP contribution in [0.3, 0.4) is 0 Å². The van der Waals surface area contributed by atoms with Crippen molar-refractivity contribution in [1.29, 1.82) is 0 Å². The van der Waals surface area contributed by atoms with Crippen molar-refractivity contribution in [2.45, 2.75) is 38.1 Å². The zero-order valence-electron chi connectivity index (χ0n) is 10.00. The molecule has 1 heterocycles. The lowest BCUT2D eigenvalue weighted by Crippen LogP contribution is -2.49. The van der Waals surface area contributed by atoms with Crippen LogP contribution < -0.4 is 11.1 Å². The zero-order valence-corrected chi connectivity index (χ0v) is 10.00.